The summed E-state index contributed by atoms with van der Waals surface area (Å²) in [5.74, 6) is 0.578. The Hall–Kier alpha value is -0.120. The molecule has 0 rings (SSSR count). The standard InChI is InChI=1S/C14H32N2O/c1-12(2)16(7-8-17-6)11-13(10-15)9-14(3,4)5/h12-13H,7-11,15H2,1-6H3. The van der Waals surface area contributed by atoms with Crippen molar-refractivity contribution in [3.05, 3.63) is 0 Å². The van der Waals surface area contributed by atoms with E-state index in [0.29, 0.717) is 17.4 Å². The van der Waals surface area contributed by atoms with Crippen LogP contribution < -0.4 is 5.73 Å². The first-order valence-electron chi connectivity index (χ1n) is 6.73. The van der Waals surface area contributed by atoms with Crippen molar-refractivity contribution in [3.8, 4) is 0 Å². The van der Waals surface area contributed by atoms with Gasteiger partial charge in [-0.15, -0.1) is 0 Å². The van der Waals surface area contributed by atoms with Crippen molar-refractivity contribution in [2.24, 2.45) is 17.1 Å². The van der Waals surface area contributed by atoms with Gasteiger partial charge in [-0.3, -0.25) is 4.90 Å². The second-order valence-electron chi connectivity index (χ2n) is 6.45. The molecule has 0 radical (unpaired) electrons. The number of methoxy groups -OCH3 is 1. The van der Waals surface area contributed by atoms with Gasteiger partial charge in [-0.25, -0.2) is 0 Å². The lowest BCUT2D eigenvalue weighted by molar-refractivity contribution is 0.109. The molecule has 0 saturated carbocycles. The van der Waals surface area contributed by atoms with Gasteiger partial charge in [0, 0.05) is 26.2 Å². The van der Waals surface area contributed by atoms with E-state index in [9.17, 15) is 0 Å². The van der Waals surface area contributed by atoms with Crippen LogP contribution in [-0.2, 0) is 4.74 Å². The second-order valence-corrected chi connectivity index (χ2v) is 6.45. The Kier molecular flexibility index (Phi) is 8.01. The van der Waals surface area contributed by atoms with E-state index in [0.717, 1.165) is 26.2 Å². The van der Waals surface area contributed by atoms with Gasteiger partial charge < -0.3 is 10.5 Å². The Morgan fingerprint density at radius 1 is 1.24 bits per heavy atom. The number of hydrogen-bond donors (Lipinski definition) is 1. The summed E-state index contributed by atoms with van der Waals surface area (Å²) in [7, 11) is 1.76. The summed E-state index contributed by atoms with van der Waals surface area (Å²) in [6.07, 6.45) is 1.18. The normalized spacial score (nSPS) is 14.6. The Balaban J connectivity index is 4.28. The van der Waals surface area contributed by atoms with E-state index in [2.05, 4.69) is 39.5 Å². The molecule has 0 aliphatic heterocycles. The zero-order valence-corrected chi connectivity index (χ0v) is 12.6. The minimum atomic E-state index is 0.355. The minimum absolute atomic E-state index is 0.355. The highest BCUT2D eigenvalue weighted by atomic mass is 16.5. The summed E-state index contributed by atoms with van der Waals surface area (Å²) in [4.78, 5) is 2.47. The molecule has 0 aliphatic rings. The molecule has 0 fully saturated rings. The van der Waals surface area contributed by atoms with Crippen LogP contribution in [0.5, 0.6) is 0 Å². The Bertz CT molecular complexity index is 187. The van der Waals surface area contributed by atoms with Gasteiger partial charge in [-0.2, -0.15) is 0 Å². The Morgan fingerprint density at radius 2 is 1.82 bits per heavy atom. The molecule has 17 heavy (non-hydrogen) atoms. The number of nitrogens with zero attached hydrogens (tertiary/aromatic N) is 1. The first-order valence-corrected chi connectivity index (χ1v) is 6.73. The fraction of sp³-hybridized carbons (Fsp3) is 1.00. The third-order valence-electron chi connectivity index (χ3n) is 3.04. The molecular formula is C14H32N2O. The molecule has 0 spiro atoms. The highest BCUT2D eigenvalue weighted by molar-refractivity contribution is 4.75. The smallest absolute Gasteiger partial charge is 0.0589 e. The van der Waals surface area contributed by atoms with Crippen LogP contribution in [0, 0.1) is 11.3 Å². The van der Waals surface area contributed by atoms with Crippen LogP contribution in [-0.4, -0.2) is 44.3 Å². The van der Waals surface area contributed by atoms with E-state index < -0.39 is 0 Å². The molecule has 0 aromatic heterocycles. The maximum absolute atomic E-state index is 5.90. The zero-order valence-electron chi connectivity index (χ0n) is 12.6. The lowest BCUT2D eigenvalue weighted by Gasteiger charge is -2.33. The van der Waals surface area contributed by atoms with Gasteiger partial charge in [-0.05, 0) is 38.1 Å². The summed E-state index contributed by atoms with van der Waals surface area (Å²) >= 11 is 0. The van der Waals surface area contributed by atoms with Crippen LogP contribution in [0.25, 0.3) is 0 Å². The molecule has 104 valence electrons. The van der Waals surface area contributed by atoms with Crippen molar-refractivity contribution >= 4 is 0 Å². The molecule has 3 nitrogen and oxygen atoms in total. The average molecular weight is 244 g/mol. The first kappa shape index (κ1) is 16.9. The zero-order chi connectivity index (χ0) is 13.5. The van der Waals surface area contributed by atoms with Gasteiger partial charge in [-0.1, -0.05) is 20.8 Å². The van der Waals surface area contributed by atoms with Crippen molar-refractivity contribution in [1.82, 2.24) is 4.90 Å². The van der Waals surface area contributed by atoms with Gasteiger partial charge in [0.25, 0.3) is 0 Å². The minimum Gasteiger partial charge on any atom is -0.383 e. The van der Waals surface area contributed by atoms with Crippen molar-refractivity contribution in [2.45, 2.75) is 47.1 Å². The molecule has 0 heterocycles. The molecule has 1 unspecified atom stereocenters. The molecule has 3 heteroatoms. The predicted molar refractivity (Wildman–Crippen MR) is 75.2 cm³/mol. The van der Waals surface area contributed by atoms with Gasteiger partial charge in [0.15, 0.2) is 0 Å². The predicted octanol–water partition coefficient (Wildman–Crippen LogP) is 2.35. The molecule has 0 aromatic rings. The van der Waals surface area contributed by atoms with E-state index in [1.807, 2.05) is 0 Å². The monoisotopic (exact) mass is 244 g/mol. The van der Waals surface area contributed by atoms with Crippen molar-refractivity contribution < 1.29 is 4.74 Å². The summed E-state index contributed by atoms with van der Waals surface area (Å²) in [5.41, 5.74) is 6.25. The second kappa shape index (κ2) is 8.06. The highest BCUT2D eigenvalue weighted by Gasteiger charge is 2.21. The van der Waals surface area contributed by atoms with Crippen molar-refractivity contribution in [1.29, 1.82) is 0 Å². The summed E-state index contributed by atoms with van der Waals surface area (Å²) in [6, 6.07) is 0.555. The van der Waals surface area contributed by atoms with Crippen molar-refractivity contribution in [2.75, 3.05) is 33.4 Å². The molecule has 0 saturated heterocycles. The van der Waals surface area contributed by atoms with Gasteiger partial charge >= 0.3 is 0 Å². The van der Waals surface area contributed by atoms with E-state index >= 15 is 0 Å². The SMILES string of the molecule is COCCN(CC(CN)CC(C)(C)C)C(C)C. The number of rotatable bonds is 8. The van der Waals surface area contributed by atoms with E-state index in [1.54, 1.807) is 7.11 Å². The summed E-state index contributed by atoms with van der Waals surface area (Å²) in [5, 5.41) is 0. The molecule has 1 atom stereocenters. The van der Waals surface area contributed by atoms with Crippen LogP contribution in [0.2, 0.25) is 0 Å². The van der Waals surface area contributed by atoms with Gasteiger partial charge in [0.1, 0.15) is 0 Å². The van der Waals surface area contributed by atoms with E-state index in [-0.39, 0.29) is 0 Å². The van der Waals surface area contributed by atoms with Crippen LogP contribution in [0.15, 0.2) is 0 Å². The molecule has 0 amide bonds. The van der Waals surface area contributed by atoms with Crippen LogP contribution in [0.1, 0.15) is 41.0 Å². The van der Waals surface area contributed by atoms with Gasteiger partial charge in [0.2, 0.25) is 0 Å². The van der Waals surface area contributed by atoms with E-state index in [1.165, 1.54) is 6.42 Å². The average Bonchev–Trinajstić information content (AvgIpc) is 2.20. The third kappa shape index (κ3) is 8.58. The topological polar surface area (TPSA) is 38.5 Å². The molecule has 0 aromatic carbocycles. The molecule has 0 bridgehead atoms. The summed E-state index contributed by atoms with van der Waals surface area (Å²) in [6.45, 7) is 15.0. The molecule has 2 N–H and O–H groups in total. The molecular weight excluding hydrogens is 212 g/mol. The fourth-order valence-electron chi connectivity index (χ4n) is 2.19. The number of nitrogens with two attached hydrogens (primary N) is 1. The van der Waals surface area contributed by atoms with Gasteiger partial charge in [0.05, 0.1) is 6.61 Å². The van der Waals surface area contributed by atoms with Crippen molar-refractivity contribution in [3.63, 3.8) is 0 Å². The largest absolute Gasteiger partial charge is 0.383 e. The first-order chi connectivity index (χ1) is 7.80. The lowest BCUT2D eigenvalue weighted by Crippen LogP contribution is -2.40. The number of ether oxygens (including phenoxy) is 1. The maximum atomic E-state index is 5.90. The highest BCUT2D eigenvalue weighted by Crippen LogP contribution is 2.24. The van der Waals surface area contributed by atoms with Crippen LogP contribution in [0.3, 0.4) is 0 Å². The Morgan fingerprint density at radius 3 is 2.18 bits per heavy atom. The number of hydrogen-bond acceptors (Lipinski definition) is 3. The Labute approximate surface area is 108 Å². The lowest BCUT2D eigenvalue weighted by atomic mass is 9.84. The maximum Gasteiger partial charge on any atom is 0.0589 e. The third-order valence-corrected chi connectivity index (χ3v) is 3.04. The van der Waals surface area contributed by atoms with Crippen LogP contribution >= 0.6 is 0 Å². The molecule has 0 aliphatic carbocycles. The summed E-state index contributed by atoms with van der Waals surface area (Å²) < 4.78 is 5.17. The fourth-order valence-corrected chi connectivity index (χ4v) is 2.19. The van der Waals surface area contributed by atoms with Crippen LogP contribution in [0.4, 0.5) is 0 Å². The van der Waals surface area contributed by atoms with E-state index in [4.69, 9.17) is 10.5 Å². The quantitative estimate of drug-likeness (QED) is 0.712.